The monoisotopic (exact) mass is 423 g/mol. The van der Waals surface area contributed by atoms with Crippen molar-refractivity contribution in [3.63, 3.8) is 0 Å². The van der Waals surface area contributed by atoms with Gasteiger partial charge in [0.05, 0.1) is 6.61 Å². The smallest absolute Gasteiger partial charge is 0.306 e. The van der Waals surface area contributed by atoms with Crippen LogP contribution < -0.4 is 14.8 Å². The quantitative estimate of drug-likeness (QED) is 0.610. The van der Waals surface area contributed by atoms with Gasteiger partial charge in [0, 0.05) is 18.5 Å². The molecule has 0 bridgehead atoms. The van der Waals surface area contributed by atoms with Crippen molar-refractivity contribution in [3.8, 4) is 11.5 Å². The maximum Gasteiger partial charge on any atom is 0.306 e. The van der Waals surface area contributed by atoms with Gasteiger partial charge in [-0.15, -0.1) is 0 Å². The van der Waals surface area contributed by atoms with Crippen molar-refractivity contribution in [1.29, 1.82) is 0 Å². The van der Waals surface area contributed by atoms with E-state index in [1.807, 2.05) is 13.0 Å². The highest BCUT2D eigenvalue weighted by Gasteiger charge is 2.27. The zero-order valence-corrected chi connectivity index (χ0v) is 18.6. The molecule has 0 saturated heterocycles. The van der Waals surface area contributed by atoms with Gasteiger partial charge in [-0.1, -0.05) is 30.3 Å². The van der Waals surface area contributed by atoms with Crippen molar-refractivity contribution < 1.29 is 19.0 Å². The van der Waals surface area contributed by atoms with Gasteiger partial charge in [0.25, 0.3) is 0 Å². The average molecular weight is 424 g/mol. The first-order valence-electron chi connectivity index (χ1n) is 11.5. The Morgan fingerprint density at radius 2 is 1.87 bits per heavy atom. The SMILES string of the molecule is CCOC(=O)CCc1ccc([C@H]2CCC(NC(C)c3ccc4c(c3)OCCO4)C2)cc1. The van der Waals surface area contributed by atoms with E-state index in [1.165, 1.54) is 29.5 Å². The minimum absolute atomic E-state index is 0.122. The fourth-order valence-corrected chi connectivity index (χ4v) is 4.65. The molecule has 166 valence electrons. The van der Waals surface area contributed by atoms with Crippen LogP contribution in [0.2, 0.25) is 0 Å². The third kappa shape index (κ3) is 5.59. The Hall–Kier alpha value is -2.53. The summed E-state index contributed by atoms with van der Waals surface area (Å²) < 4.78 is 16.4. The standard InChI is InChI=1S/C26H33NO4/c1-3-29-26(28)13-6-19-4-7-20(8-5-19)22-9-11-23(16-22)27-18(2)21-10-12-24-25(17-21)31-15-14-30-24/h4-5,7-8,10,12,17-18,22-23,27H,3,6,9,11,13-16H2,1-2H3/t18?,22-,23?/m0/s1. The molecule has 1 aliphatic heterocycles. The maximum absolute atomic E-state index is 11.5. The Morgan fingerprint density at radius 1 is 1.10 bits per heavy atom. The fraction of sp³-hybridized carbons (Fsp3) is 0.500. The number of fused-ring (bicyclic) bond motifs is 1. The lowest BCUT2D eigenvalue weighted by atomic mass is 9.95. The Balaban J connectivity index is 1.28. The molecule has 1 aliphatic carbocycles. The second-order valence-corrected chi connectivity index (χ2v) is 8.54. The Labute approximate surface area is 185 Å². The first-order chi connectivity index (χ1) is 15.1. The molecule has 1 saturated carbocycles. The molecule has 0 radical (unpaired) electrons. The summed E-state index contributed by atoms with van der Waals surface area (Å²) in [5.74, 6) is 2.16. The number of benzene rings is 2. The molecule has 1 fully saturated rings. The molecule has 2 unspecified atom stereocenters. The summed E-state index contributed by atoms with van der Waals surface area (Å²) in [7, 11) is 0. The largest absolute Gasteiger partial charge is 0.486 e. The van der Waals surface area contributed by atoms with Crippen LogP contribution in [0.1, 0.15) is 68.2 Å². The van der Waals surface area contributed by atoms with Crippen LogP contribution in [0.25, 0.3) is 0 Å². The van der Waals surface area contributed by atoms with Crippen LogP contribution in [-0.4, -0.2) is 31.8 Å². The third-order valence-corrected chi connectivity index (χ3v) is 6.36. The van der Waals surface area contributed by atoms with Crippen LogP contribution in [0, 0.1) is 0 Å². The van der Waals surface area contributed by atoms with E-state index in [4.69, 9.17) is 14.2 Å². The van der Waals surface area contributed by atoms with E-state index >= 15 is 0 Å². The van der Waals surface area contributed by atoms with E-state index in [0.717, 1.165) is 24.3 Å². The molecule has 5 nitrogen and oxygen atoms in total. The van der Waals surface area contributed by atoms with Crippen LogP contribution >= 0.6 is 0 Å². The van der Waals surface area contributed by atoms with Gasteiger partial charge in [-0.05, 0) is 74.3 Å². The van der Waals surface area contributed by atoms with Gasteiger partial charge in [0.2, 0.25) is 0 Å². The number of nitrogens with one attached hydrogen (secondary N) is 1. The van der Waals surface area contributed by atoms with E-state index in [1.54, 1.807) is 0 Å². The summed E-state index contributed by atoms with van der Waals surface area (Å²) in [6.07, 6.45) is 4.72. The van der Waals surface area contributed by atoms with Crippen LogP contribution in [0.5, 0.6) is 11.5 Å². The van der Waals surface area contributed by atoms with Gasteiger partial charge in [0.1, 0.15) is 13.2 Å². The number of hydrogen-bond donors (Lipinski definition) is 1. The van der Waals surface area contributed by atoms with E-state index in [-0.39, 0.29) is 12.0 Å². The maximum atomic E-state index is 11.5. The highest BCUT2D eigenvalue weighted by Crippen LogP contribution is 2.37. The average Bonchev–Trinajstić information content (AvgIpc) is 3.26. The molecule has 0 aromatic heterocycles. The first-order valence-corrected chi connectivity index (χ1v) is 11.5. The lowest BCUT2D eigenvalue weighted by Gasteiger charge is -2.23. The summed E-state index contributed by atoms with van der Waals surface area (Å²) >= 11 is 0. The van der Waals surface area contributed by atoms with E-state index in [9.17, 15) is 4.79 Å². The van der Waals surface area contributed by atoms with Crippen LogP contribution in [0.15, 0.2) is 42.5 Å². The van der Waals surface area contributed by atoms with Gasteiger partial charge in [0.15, 0.2) is 11.5 Å². The Kier molecular flexibility index (Phi) is 7.13. The van der Waals surface area contributed by atoms with Gasteiger partial charge >= 0.3 is 5.97 Å². The predicted octanol–water partition coefficient (Wildman–Crippen LogP) is 4.94. The minimum atomic E-state index is -0.122. The highest BCUT2D eigenvalue weighted by molar-refractivity contribution is 5.69. The molecule has 3 atom stereocenters. The molecule has 1 heterocycles. The summed E-state index contributed by atoms with van der Waals surface area (Å²) in [6, 6.07) is 15.8. The number of carbonyl (C=O) groups excluding carboxylic acids is 1. The minimum Gasteiger partial charge on any atom is -0.486 e. The van der Waals surface area contributed by atoms with Gasteiger partial charge in [-0.3, -0.25) is 4.79 Å². The van der Waals surface area contributed by atoms with Gasteiger partial charge < -0.3 is 19.5 Å². The van der Waals surface area contributed by atoms with Crippen molar-refractivity contribution >= 4 is 5.97 Å². The summed E-state index contributed by atoms with van der Waals surface area (Å²) in [5.41, 5.74) is 3.83. The number of aryl methyl sites for hydroxylation is 1. The zero-order chi connectivity index (χ0) is 21.6. The molecule has 31 heavy (non-hydrogen) atoms. The summed E-state index contributed by atoms with van der Waals surface area (Å²) in [4.78, 5) is 11.5. The molecule has 2 aromatic rings. The van der Waals surface area contributed by atoms with Crippen molar-refractivity contribution in [1.82, 2.24) is 5.32 Å². The number of rotatable bonds is 8. The molecule has 2 aromatic carbocycles. The normalized spacial score (nSPS) is 21.0. The molecule has 0 spiro atoms. The topological polar surface area (TPSA) is 56.8 Å². The number of ether oxygens (including phenoxy) is 3. The lowest BCUT2D eigenvalue weighted by Crippen LogP contribution is -2.29. The molecular weight excluding hydrogens is 390 g/mol. The van der Waals surface area contributed by atoms with Crippen molar-refractivity contribution in [2.24, 2.45) is 0 Å². The Bertz CT molecular complexity index is 879. The third-order valence-electron chi connectivity index (χ3n) is 6.36. The highest BCUT2D eigenvalue weighted by atomic mass is 16.6. The van der Waals surface area contributed by atoms with E-state index in [0.29, 0.717) is 38.2 Å². The molecule has 1 N–H and O–H groups in total. The number of carbonyl (C=O) groups is 1. The summed E-state index contributed by atoms with van der Waals surface area (Å²) in [6.45, 7) is 5.74. The summed E-state index contributed by atoms with van der Waals surface area (Å²) in [5, 5.41) is 3.81. The van der Waals surface area contributed by atoms with Crippen molar-refractivity contribution in [3.05, 3.63) is 59.2 Å². The molecule has 4 rings (SSSR count). The van der Waals surface area contributed by atoms with Crippen LogP contribution in [0.4, 0.5) is 0 Å². The second kappa shape index (κ2) is 10.2. The fourth-order valence-electron chi connectivity index (χ4n) is 4.65. The van der Waals surface area contributed by atoms with E-state index in [2.05, 4.69) is 48.6 Å². The van der Waals surface area contributed by atoms with Gasteiger partial charge in [-0.2, -0.15) is 0 Å². The molecular formula is C26H33NO4. The predicted molar refractivity (Wildman–Crippen MR) is 121 cm³/mol. The lowest BCUT2D eigenvalue weighted by molar-refractivity contribution is -0.143. The zero-order valence-electron chi connectivity index (χ0n) is 18.6. The molecule has 0 amide bonds. The van der Waals surface area contributed by atoms with E-state index < -0.39 is 0 Å². The van der Waals surface area contributed by atoms with Crippen molar-refractivity contribution in [2.75, 3.05) is 19.8 Å². The second-order valence-electron chi connectivity index (χ2n) is 8.54. The Morgan fingerprint density at radius 3 is 2.65 bits per heavy atom. The van der Waals surface area contributed by atoms with Gasteiger partial charge in [-0.25, -0.2) is 0 Å². The van der Waals surface area contributed by atoms with Crippen molar-refractivity contribution in [2.45, 2.75) is 64.0 Å². The molecule has 5 heteroatoms. The number of hydrogen-bond acceptors (Lipinski definition) is 5. The molecule has 2 aliphatic rings. The van der Waals surface area contributed by atoms with Crippen LogP contribution in [-0.2, 0) is 16.0 Å². The van der Waals surface area contributed by atoms with Crippen LogP contribution in [0.3, 0.4) is 0 Å². The number of esters is 1. The first kappa shape index (κ1) is 21.7.